The summed E-state index contributed by atoms with van der Waals surface area (Å²) in [6, 6.07) is 3.37. The maximum absolute atomic E-state index is 5.98. The second kappa shape index (κ2) is 5.34. The lowest BCUT2D eigenvalue weighted by Gasteiger charge is -2.43. The van der Waals surface area contributed by atoms with Crippen LogP contribution < -0.4 is 10.6 Å². The van der Waals surface area contributed by atoms with E-state index in [1.54, 1.807) is 0 Å². The van der Waals surface area contributed by atoms with Gasteiger partial charge in [0.25, 0.3) is 0 Å². The molecule has 1 aromatic heterocycles. The fourth-order valence-electron chi connectivity index (χ4n) is 3.82. The molecular weight excluding hydrogens is 248 g/mol. The maximum atomic E-state index is 5.98. The number of piperazine rings is 1. The number of fused-ring (bicyclic) bond motifs is 1. The molecule has 3 heterocycles. The molecule has 2 saturated heterocycles. The Morgan fingerprint density at radius 2 is 2.15 bits per heavy atom. The highest BCUT2D eigenvalue weighted by Crippen LogP contribution is 2.30. The molecule has 2 aliphatic rings. The smallest absolute Gasteiger partial charge is 0.133 e. The van der Waals surface area contributed by atoms with Crippen LogP contribution in [0.3, 0.4) is 0 Å². The lowest BCUT2D eigenvalue weighted by atomic mass is 10.0. The van der Waals surface area contributed by atoms with E-state index in [0.717, 1.165) is 24.6 Å². The van der Waals surface area contributed by atoms with Gasteiger partial charge < -0.3 is 10.6 Å². The van der Waals surface area contributed by atoms with Crippen LogP contribution in [0, 0.1) is 13.8 Å². The third kappa shape index (κ3) is 2.31. The summed E-state index contributed by atoms with van der Waals surface area (Å²) in [5.41, 5.74) is 9.57. The summed E-state index contributed by atoms with van der Waals surface area (Å²) in [6.07, 6.45) is 2.67. The molecule has 2 N–H and O–H groups in total. The van der Waals surface area contributed by atoms with E-state index in [1.165, 1.54) is 30.5 Å². The van der Waals surface area contributed by atoms with Gasteiger partial charge in [-0.25, -0.2) is 4.98 Å². The average Bonchev–Trinajstić information content (AvgIpc) is 2.84. The molecule has 0 amide bonds. The van der Waals surface area contributed by atoms with Crippen LogP contribution in [0.1, 0.15) is 36.6 Å². The highest BCUT2D eigenvalue weighted by atomic mass is 15.3. The summed E-state index contributed by atoms with van der Waals surface area (Å²) in [5.74, 6) is 1.13. The molecule has 2 aliphatic heterocycles. The van der Waals surface area contributed by atoms with Gasteiger partial charge in [0.2, 0.25) is 0 Å². The Hall–Kier alpha value is -1.13. The van der Waals surface area contributed by atoms with Crippen LogP contribution in [-0.4, -0.2) is 41.6 Å². The largest absolute Gasteiger partial charge is 0.351 e. The summed E-state index contributed by atoms with van der Waals surface area (Å²) in [4.78, 5) is 9.96. The Morgan fingerprint density at radius 1 is 1.35 bits per heavy atom. The predicted molar refractivity (Wildman–Crippen MR) is 83.0 cm³/mol. The molecule has 0 bridgehead atoms. The first-order valence-corrected chi connectivity index (χ1v) is 7.78. The molecule has 0 saturated carbocycles. The predicted octanol–water partition coefficient (Wildman–Crippen LogP) is 1.83. The minimum Gasteiger partial charge on any atom is -0.351 e. The van der Waals surface area contributed by atoms with Gasteiger partial charge in [0, 0.05) is 43.0 Å². The number of nitrogens with two attached hydrogens (primary N) is 1. The van der Waals surface area contributed by atoms with Gasteiger partial charge in [0.05, 0.1) is 0 Å². The second-order valence-corrected chi connectivity index (χ2v) is 6.38. The van der Waals surface area contributed by atoms with E-state index in [1.807, 2.05) is 0 Å². The van der Waals surface area contributed by atoms with Crippen LogP contribution in [0.4, 0.5) is 5.82 Å². The van der Waals surface area contributed by atoms with Gasteiger partial charge in [-0.3, -0.25) is 4.90 Å². The molecule has 20 heavy (non-hydrogen) atoms. The Balaban J connectivity index is 1.95. The molecule has 0 radical (unpaired) electrons. The van der Waals surface area contributed by atoms with Gasteiger partial charge in [0.15, 0.2) is 0 Å². The van der Waals surface area contributed by atoms with Crippen molar-refractivity contribution in [2.45, 2.75) is 52.2 Å². The molecule has 0 aliphatic carbocycles. The minimum atomic E-state index is 0.517. The molecule has 4 heteroatoms. The molecule has 110 valence electrons. The summed E-state index contributed by atoms with van der Waals surface area (Å²) < 4.78 is 0. The van der Waals surface area contributed by atoms with Crippen molar-refractivity contribution in [3.63, 3.8) is 0 Å². The van der Waals surface area contributed by atoms with Gasteiger partial charge in [-0.1, -0.05) is 0 Å². The average molecular weight is 274 g/mol. The fraction of sp³-hybridized carbons (Fsp3) is 0.688. The zero-order valence-corrected chi connectivity index (χ0v) is 12.9. The highest BCUT2D eigenvalue weighted by Gasteiger charge is 2.35. The van der Waals surface area contributed by atoms with Crippen molar-refractivity contribution in [1.82, 2.24) is 9.88 Å². The normalized spacial score (nSPS) is 26.9. The van der Waals surface area contributed by atoms with Crippen LogP contribution >= 0.6 is 0 Å². The number of hydrogen-bond donors (Lipinski definition) is 1. The Kier molecular flexibility index (Phi) is 3.69. The van der Waals surface area contributed by atoms with E-state index in [9.17, 15) is 0 Å². The number of aryl methyl sites for hydroxylation is 2. The van der Waals surface area contributed by atoms with Crippen LogP contribution in [0.15, 0.2) is 6.07 Å². The van der Waals surface area contributed by atoms with Crippen LogP contribution in [-0.2, 0) is 6.54 Å². The first kappa shape index (κ1) is 13.8. The molecule has 0 spiro atoms. The monoisotopic (exact) mass is 274 g/mol. The topological polar surface area (TPSA) is 45.4 Å². The van der Waals surface area contributed by atoms with Gasteiger partial charge in [-0.15, -0.1) is 0 Å². The first-order chi connectivity index (χ1) is 9.60. The van der Waals surface area contributed by atoms with Gasteiger partial charge in [-0.2, -0.15) is 0 Å². The quantitative estimate of drug-likeness (QED) is 0.893. The van der Waals surface area contributed by atoms with Crippen molar-refractivity contribution in [2.24, 2.45) is 5.73 Å². The van der Waals surface area contributed by atoms with E-state index in [0.29, 0.717) is 18.6 Å². The Morgan fingerprint density at radius 3 is 2.90 bits per heavy atom. The molecule has 3 rings (SSSR count). The zero-order valence-electron chi connectivity index (χ0n) is 12.9. The Bertz CT molecular complexity index is 499. The Labute approximate surface area is 122 Å². The van der Waals surface area contributed by atoms with Crippen molar-refractivity contribution < 1.29 is 0 Å². The number of hydrogen-bond acceptors (Lipinski definition) is 4. The molecule has 2 fully saturated rings. The van der Waals surface area contributed by atoms with Crippen molar-refractivity contribution in [3.05, 3.63) is 22.9 Å². The molecule has 0 aromatic carbocycles. The number of aromatic nitrogens is 1. The van der Waals surface area contributed by atoms with E-state index in [4.69, 9.17) is 10.7 Å². The SMILES string of the molecule is Cc1cc(C)c(CN)c(N2CC3CCCN3CC2C)n1. The second-order valence-electron chi connectivity index (χ2n) is 6.38. The highest BCUT2D eigenvalue weighted by molar-refractivity contribution is 5.53. The number of nitrogens with zero attached hydrogens (tertiary/aromatic N) is 3. The van der Waals surface area contributed by atoms with E-state index < -0.39 is 0 Å². The minimum absolute atomic E-state index is 0.517. The standard InChI is InChI=1S/C16H26N4/c1-11-7-12(2)18-16(15(11)8-17)20-10-14-5-4-6-19(14)9-13(20)3/h7,13-14H,4-6,8-10,17H2,1-3H3. The molecule has 1 aromatic rings. The van der Waals surface area contributed by atoms with Crippen molar-refractivity contribution >= 4 is 5.82 Å². The van der Waals surface area contributed by atoms with E-state index >= 15 is 0 Å². The zero-order chi connectivity index (χ0) is 14.3. The van der Waals surface area contributed by atoms with E-state index in [-0.39, 0.29) is 0 Å². The molecule has 2 atom stereocenters. The fourth-order valence-corrected chi connectivity index (χ4v) is 3.82. The van der Waals surface area contributed by atoms with E-state index in [2.05, 4.69) is 36.6 Å². The van der Waals surface area contributed by atoms with Crippen molar-refractivity contribution in [3.8, 4) is 0 Å². The molecular formula is C16H26N4. The van der Waals surface area contributed by atoms with Crippen LogP contribution in [0.2, 0.25) is 0 Å². The van der Waals surface area contributed by atoms with Crippen molar-refractivity contribution in [2.75, 3.05) is 24.5 Å². The number of rotatable bonds is 2. The third-order valence-corrected chi connectivity index (χ3v) is 4.87. The van der Waals surface area contributed by atoms with Crippen LogP contribution in [0.5, 0.6) is 0 Å². The van der Waals surface area contributed by atoms with Gasteiger partial charge in [0.1, 0.15) is 5.82 Å². The summed E-state index contributed by atoms with van der Waals surface area (Å²) in [5, 5.41) is 0. The molecule has 4 nitrogen and oxygen atoms in total. The van der Waals surface area contributed by atoms with Gasteiger partial charge in [-0.05, 0) is 51.8 Å². The third-order valence-electron chi connectivity index (χ3n) is 4.87. The molecule has 2 unspecified atom stereocenters. The summed E-state index contributed by atoms with van der Waals surface area (Å²) in [7, 11) is 0. The maximum Gasteiger partial charge on any atom is 0.133 e. The summed E-state index contributed by atoms with van der Waals surface area (Å²) >= 11 is 0. The number of pyridine rings is 1. The lowest BCUT2D eigenvalue weighted by molar-refractivity contribution is 0.202. The lowest BCUT2D eigenvalue weighted by Crippen LogP contribution is -2.55. The first-order valence-electron chi connectivity index (χ1n) is 7.78. The van der Waals surface area contributed by atoms with Crippen molar-refractivity contribution in [1.29, 1.82) is 0 Å². The van der Waals surface area contributed by atoms with Gasteiger partial charge >= 0.3 is 0 Å². The van der Waals surface area contributed by atoms with Crippen LogP contribution in [0.25, 0.3) is 0 Å². The number of anilines is 1. The summed E-state index contributed by atoms with van der Waals surface area (Å²) in [6.45, 7) is 10.6.